The van der Waals surface area contributed by atoms with Crippen molar-refractivity contribution in [2.75, 3.05) is 31.1 Å². The van der Waals surface area contributed by atoms with Gasteiger partial charge in [-0.05, 0) is 78.4 Å². The molecule has 3 aromatic rings. The van der Waals surface area contributed by atoms with E-state index >= 15 is 0 Å². The van der Waals surface area contributed by atoms with Crippen molar-refractivity contribution in [3.63, 3.8) is 0 Å². The molecule has 1 atom stereocenters. The summed E-state index contributed by atoms with van der Waals surface area (Å²) < 4.78 is 46.0. The molecule has 0 bridgehead atoms. The second-order valence-corrected chi connectivity index (χ2v) is 12.5. The number of nitrogens with one attached hydrogen (secondary N) is 1. The van der Waals surface area contributed by atoms with E-state index in [1.54, 1.807) is 18.2 Å². The minimum absolute atomic E-state index is 0.0957. The molecule has 1 amide bonds. The van der Waals surface area contributed by atoms with Crippen LogP contribution in [0.25, 0.3) is 0 Å². The molecule has 1 heterocycles. The topological polar surface area (TPSA) is 94.2 Å². The maximum Gasteiger partial charge on any atom is 0.264 e. The van der Waals surface area contributed by atoms with Crippen LogP contribution < -0.4 is 23.8 Å². The highest BCUT2D eigenvalue weighted by Gasteiger charge is 2.38. The van der Waals surface area contributed by atoms with Crippen molar-refractivity contribution in [1.29, 1.82) is 0 Å². The average Bonchev–Trinajstić information content (AvgIpc) is 2.91. The second-order valence-electron chi connectivity index (χ2n) is 10.6. The number of nitrogens with zero attached hydrogens (tertiary/aromatic N) is 1. The Morgan fingerprint density at radius 2 is 1.79 bits per heavy atom. The molecule has 0 saturated heterocycles. The van der Waals surface area contributed by atoms with Crippen molar-refractivity contribution in [3.8, 4) is 17.2 Å². The summed E-state index contributed by atoms with van der Waals surface area (Å²) in [6.45, 7) is 10.5. The summed E-state index contributed by atoms with van der Waals surface area (Å²) in [4.78, 5) is 13.2. The maximum atomic E-state index is 13.8. The number of sulfonamides is 1. The molecule has 0 spiro atoms. The van der Waals surface area contributed by atoms with Crippen LogP contribution in [0, 0.1) is 13.8 Å². The number of methoxy groups -OCH3 is 1. The molecule has 3 aromatic carbocycles. The summed E-state index contributed by atoms with van der Waals surface area (Å²) in [6.07, 6.45) is -1.04. The van der Waals surface area contributed by atoms with E-state index < -0.39 is 22.0 Å². The Bertz CT molecular complexity index is 1450. The molecule has 0 saturated carbocycles. The lowest BCUT2D eigenvalue weighted by Gasteiger charge is -2.36. The van der Waals surface area contributed by atoms with E-state index in [1.165, 1.54) is 23.5 Å². The van der Waals surface area contributed by atoms with Gasteiger partial charge in [-0.1, -0.05) is 39.0 Å². The predicted octanol–water partition coefficient (Wildman–Crippen LogP) is 4.76. The normalized spacial score (nSPS) is 15.2. The fraction of sp³-hybridized carbons (Fsp3) is 0.367. The smallest absolute Gasteiger partial charge is 0.264 e. The third kappa shape index (κ3) is 6.14. The van der Waals surface area contributed by atoms with E-state index in [1.807, 2.05) is 44.2 Å². The van der Waals surface area contributed by atoms with Gasteiger partial charge in [-0.3, -0.25) is 9.10 Å². The minimum atomic E-state index is -4.01. The molecule has 1 aliphatic heterocycles. The van der Waals surface area contributed by atoms with Crippen LogP contribution in [0.3, 0.4) is 0 Å². The molecule has 0 aliphatic carbocycles. The number of fused-ring (bicyclic) bond motifs is 1. The number of ether oxygens (including phenoxy) is 3. The van der Waals surface area contributed by atoms with Crippen molar-refractivity contribution >= 4 is 21.6 Å². The molecule has 1 aliphatic rings. The molecule has 0 aromatic heterocycles. The van der Waals surface area contributed by atoms with Crippen LogP contribution in [-0.2, 0) is 20.2 Å². The molecule has 8 nitrogen and oxygen atoms in total. The molecular weight excluding hydrogens is 516 g/mol. The highest BCUT2D eigenvalue weighted by molar-refractivity contribution is 7.92. The van der Waals surface area contributed by atoms with Crippen LogP contribution in [0.2, 0.25) is 0 Å². The fourth-order valence-electron chi connectivity index (χ4n) is 4.29. The van der Waals surface area contributed by atoms with Crippen molar-refractivity contribution in [2.45, 2.75) is 51.0 Å². The lowest BCUT2D eigenvalue weighted by atomic mass is 9.86. The lowest BCUT2D eigenvalue weighted by molar-refractivity contribution is -0.127. The van der Waals surface area contributed by atoms with Crippen molar-refractivity contribution in [1.82, 2.24) is 5.32 Å². The Morgan fingerprint density at radius 3 is 2.46 bits per heavy atom. The van der Waals surface area contributed by atoms with Crippen molar-refractivity contribution < 1.29 is 27.4 Å². The zero-order valence-electron chi connectivity index (χ0n) is 23.3. The number of carbonyl (C=O) groups excluding carboxylic acids is 1. The van der Waals surface area contributed by atoms with E-state index in [0.29, 0.717) is 17.2 Å². The Balaban J connectivity index is 1.56. The van der Waals surface area contributed by atoms with E-state index in [9.17, 15) is 13.2 Å². The van der Waals surface area contributed by atoms with Gasteiger partial charge < -0.3 is 19.5 Å². The molecule has 208 valence electrons. The highest BCUT2D eigenvalue weighted by Crippen LogP contribution is 2.40. The lowest BCUT2D eigenvalue weighted by Crippen LogP contribution is -2.51. The molecule has 0 radical (unpaired) electrons. The Labute approximate surface area is 230 Å². The van der Waals surface area contributed by atoms with Gasteiger partial charge in [-0.25, -0.2) is 8.42 Å². The summed E-state index contributed by atoms with van der Waals surface area (Å²) >= 11 is 0. The van der Waals surface area contributed by atoms with Crippen LogP contribution in [0.1, 0.15) is 37.5 Å². The zero-order chi connectivity index (χ0) is 28.4. The van der Waals surface area contributed by atoms with Crippen molar-refractivity contribution in [3.05, 3.63) is 77.4 Å². The molecule has 0 unspecified atom stereocenters. The number of hydrogen-bond donors (Lipinski definition) is 1. The first-order chi connectivity index (χ1) is 18.4. The molecule has 4 rings (SSSR count). The number of carbonyl (C=O) groups is 1. The van der Waals surface area contributed by atoms with Crippen LogP contribution in [0.4, 0.5) is 5.69 Å². The Morgan fingerprint density at radius 1 is 1.08 bits per heavy atom. The largest absolute Gasteiger partial charge is 0.497 e. The van der Waals surface area contributed by atoms with E-state index in [0.717, 1.165) is 22.4 Å². The van der Waals surface area contributed by atoms with E-state index in [4.69, 9.17) is 14.2 Å². The van der Waals surface area contributed by atoms with Crippen LogP contribution in [-0.4, -0.2) is 47.2 Å². The predicted molar refractivity (Wildman–Crippen MR) is 152 cm³/mol. The number of amides is 1. The van der Waals surface area contributed by atoms with Gasteiger partial charge in [-0.15, -0.1) is 0 Å². The quantitative estimate of drug-likeness (QED) is 0.405. The van der Waals surface area contributed by atoms with Crippen LogP contribution in [0.5, 0.6) is 17.2 Å². The highest BCUT2D eigenvalue weighted by atomic mass is 32.2. The summed E-state index contributed by atoms with van der Waals surface area (Å²) in [5.41, 5.74) is 3.31. The summed E-state index contributed by atoms with van der Waals surface area (Å²) in [6, 6.07) is 17.5. The van der Waals surface area contributed by atoms with Gasteiger partial charge in [0, 0.05) is 0 Å². The van der Waals surface area contributed by atoms with E-state index in [-0.39, 0.29) is 30.0 Å². The third-order valence-corrected chi connectivity index (χ3v) is 8.64. The first-order valence-electron chi connectivity index (χ1n) is 12.9. The minimum Gasteiger partial charge on any atom is -0.497 e. The summed E-state index contributed by atoms with van der Waals surface area (Å²) in [7, 11) is -2.49. The fourth-order valence-corrected chi connectivity index (χ4v) is 5.75. The third-order valence-electron chi connectivity index (χ3n) is 6.85. The molecule has 1 N–H and O–H groups in total. The zero-order valence-corrected chi connectivity index (χ0v) is 24.1. The standard InChI is InChI=1S/C30H36N2O6S/c1-20-8-7-9-26(21(20)2)37-17-16-31-29(33)28-19-32(39(34,35)24-13-11-23(36-6)12-14-24)25-18-22(30(3,4)5)10-15-27(25)38-28/h7-15,18,28H,16-17,19H2,1-6H3,(H,31,33)/t28-/m0/s1. The maximum absolute atomic E-state index is 13.8. The SMILES string of the molecule is COc1ccc(S(=O)(=O)N2C[C@@H](C(=O)NCCOc3cccc(C)c3C)Oc3ccc(C(C)(C)C)cc32)cc1. The molecule has 9 heteroatoms. The molecule has 39 heavy (non-hydrogen) atoms. The van der Waals surface area contributed by atoms with Crippen LogP contribution in [0.15, 0.2) is 65.6 Å². The van der Waals surface area contributed by atoms with Gasteiger partial charge in [-0.2, -0.15) is 0 Å². The number of anilines is 1. The van der Waals surface area contributed by atoms with Gasteiger partial charge in [0.2, 0.25) is 0 Å². The number of aryl methyl sites for hydroxylation is 1. The Hall–Kier alpha value is -3.72. The summed E-state index contributed by atoms with van der Waals surface area (Å²) in [5, 5.41) is 2.82. The van der Waals surface area contributed by atoms with Gasteiger partial charge in [0.1, 0.15) is 23.9 Å². The number of hydrogen-bond acceptors (Lipinski definition) is 6. The van der Waals surface area contributed by atoms with Gasteiger partial charge in [0.05, 0.1) is 30.8 Å². The average molecular weight is 553 g/mol. The van der Waals surface area contributed by atoms with Crippen molar-refractivity contribution in [2.24, 2.45) is 0 Å². The van der Waals surface area contributed by atoms with E-state index in [2.05, 4.69) is 26.1 Å². The van der Waals surface area contributed by atoms with Crippen LogP contribution >= 0.6 is 0 Å². The van der Waals surface area contributed by atoms with Gasteiger partial charge >= 0.3 is 0 Å². The molecular formula is C30H36N2O6S. The molecule has 0 fully saturated rings. The number of benzene rings is 3. The second kappa shape index (κ2) is 11.2. The Kier molecular flexibility index (Phi) is 8.11. The van der Waals surface area contributed by atoms with Gasteiger partial charge in [0.15, 0.2) is 6.10 Å². The number of rotatable bonds is 8. The van der Waals surface area contributed by atoms with Gasteiger partial charge in [0.25, 0.3) is 15.9 Å². The first kappa shape index (κ1) is 28.3. The monoisotopic (exact) mass is 552 g/mol. The first-order valence-corrected chi connectivity index (χ1v) is 14.3. The summed E-state index contributed by atoms with van der Waals surface area (Å²) in [5.74, 6) is 1.23.